The molecular weight excluding hydrogens is 312 g/mol. The van der Waals surface area contributed by atoms with E-state index in [-0.39, 0.29) is 18.5 Å². The van der Waals surface area contributed by atoms with E-state index in [2.05, 4.69) is 22.7 Å². The van der Waals surface area contributed by atoms with Gasteiger partial charge >= 0.3 is 6.03 Å². The lowest BCUT2D eigenvalue weighted by molar-refractivity contribution is -0.116. The third kappa shape index (κ3) is 7.96. The minimum absolute atomic E-state index is 0.0456. The number of aromatic nitrogens is 1. The normalized spacial score (nSPS) is 10.5. The maximum absolute atomic E-state index is 12.2. The number of aryl methyl sites for hydroxylation is 1. The van der Waals surface area contributed by atoms with Gasteiger partial charge in [-0.2, -0.15) is 0 Å². The number of nitrogens with zero attached hydrogens (tertiary/aromatic N) is 2. The van der Waals surface area contributed by atoms with E-state index in [0.717, 1.165) is 12.8 Å². The molecule has 0 saturated carbocycles. The SMILES string of the molecule is CCCCNC(=O)N(CCCOCC)CC(=O)Nc1cc(C)on1. The number of ether oxygens (including phenoxy) is 1. The number of amides is 3. The Morgan fingerprint density at radius 3 is 2.75 bits per heavy atom. The number of hydrogen-bond donors (Lipinski definition) is 2. The van der Waals surface area contributed by atoms with Crippen LogP contribution in [0.2, 0.25) is 0 Å². The lowest BCUT2D eigenvalue weighted by Crippen LogP contribution is -2.45. The van der Waals surface area contributed by atoms with Crippen LogP contribution in [0.25, 0.3) is 0 Å². The molecule has 3 amide bonds. The van der Waals surface area contributed by atoms with Crippen LogP contribution in [0.1, 0.15) is 38.9 Å². The number of carbonyl (C=O) groups is 2. The van der Waals surface area contributed by atoms with Gasteiger partial charge < -0.3 is 24.8 Å². The van der Waals surface area contributed by atoms with Crippen molar-refractivity contribution >= 4 is 17.8 Å². The van der Waals surface area contributed by atoms with Crippen molar-refractivity contribution in [3.05, 3.63) is 11.8 Å². The molecule has 0 aliphatic heterocycles. The Morgan fingerprint density at radius 2 is 2.12 bits per heavy atom. The molecule has 0 aromatic carbocycles. The molecule has 2 N–H and O–H groups in total. The molecule has 24 heavy (non-hydrogen) atoms. The van der Waals surface area contributed by atoms with E-state index < -0.39 is 0 Å². The zero-order chi connectivity index (χ0) is 17.8. The second-order valence-electron chi connectivity index (χ2n) is 5.43. The predicted molar refractivity (Wildman–Crippen MR) is 90.9 cm³/mol. The molecule has 1 rings (SSSR count). The molecule has 0 bridgehead atoms. The molecule has 1 aromatic rings. The highest BCUT2D eigenvalue weighted by atomic mass is 16.5. The van der Waals surface area contributed by atoms with E-state index in [1.165, 1.54) is 4.90 Å². The molecule has 8 nitrogen and oxygen atoms in total. The number of hydrogen-bond acceptors (Lipinski definition) is 5. The predicted octanol–water partition coefficient (Wildman–Crippen LogP) is 2.16. The van der Waals surface area contributed by atoms with Gasteiger partial charge in [-0.3, -0.25) is 4.79 Å². The Kier molecular flexibility index (Phi) is 9.52. The van der Waals surface area contributed by atoms with Crippen LogP contribution >= 0.6 is 0 Å². The van der Waals surface area contributed by atoms with E-state index in [1.807, 2.05) is 6.92 Å². The van der Waals surface area contributed by atoms with Crippen LogP contribution < -0.4 is 10.6 Å². The molecule has 136 valence electrons. The van der Waals surface area contributed by atoms with Gasteiger partial charge in [0, 0.05) is 32.4 Å². The van der Waals surface area contributed by atoms with Crippen molar-refractivity contribution in [2.24, 2.45) is 0 Å². The number of nitrogens with one attached hydrogen (secondary N) is 2. The summed E-state index contributed by atoms with van der Waals surface area (Å²) in [5.41, 5.74) is 0. The molecule has 0 fully saturated rings. The standard InChI is InChI=1S/C16H28N4O4/c1-4-6-8-17-16(22)20(9-7-10-23-5-2)12-15(21)18-14-11-13(3)24-19-14/h11H,4-10,12H2,1-3H3,(H,17,22)(H,18,19,21). The molecule has 0 atom stereocenters. The highest BCUT2D eigenvalue weighted by Crippen LogP contribution is 2.07. The van der Waals surface area contributed by atoms with Crippen LogP contribution in [0.3, 0.4) is 0 Å². The first kappa shape index (κ1) is 20.0. The highest BCUT2D eigenvalue weighted by molar-refractivity contribution is 5.93. The Morgan fingerprint density at radius 1 is 1.33 bits per heavy atom. The zero-order valence-corrected chi connectivity index (χ0v) is 14.8. The summed E-state index contributed by atoms with van der Waals surface area (Å²) in [4.78, 5) is 25.8. The number of carbonyl (C=O) groups excluding carboxylic acids is 2. The quantitative estimate of drug-likeness (QED) is 0.602. The lowest BCUT2D eigenvalue weighted by Gasteiger charge is -2.22. The summed E-state index contributed by atoms with van der Waals surface area (Å²) in [6, 6.07) is 1.38. The van der Waals surface area contributed by atoms with Gasteiger partial charge in [0.1, 0.15) is 12.3 Å². The van der Waals surface area contributed by atoms with Crippen molar-refractivity contribution in [3.63, 3.8) is 0 Å². The Hall–Kier alpha value is -2.09. The summed E-state index contributed by atoms with van der Waals surface area (Å²) in [5.74, 6) is 0.639. The van der Waals surface area contributed by atoms with Gasteiger partial charge in [0.15, 0.2) is 5.82 Å². The first-order valence-electron chi connectivity index (χ1n) is 8.40. The van der Waals surface area contributed by atoms with Crippen LogP contribution in [0.5, 0.6) is 0 Å². The van der Waals surface area contributed by atoms with Crippen molar-refractivity contribution in [3.8, 4) is 0 Å². The number of urea groups is 1. The fourth-order valence-electron chi connectivity index (χ4n) is 2.02. The van der Waals surface area contributed by atoms with Crippen LogP contribution in [0.15, 0.2) is 10.6 Å². The van der Waals surface area contributed by atoms with Crippen molar-refractivity contribution in [2.75, 3.05) is 38.2 Å². The van der Waals surface area contributed by atoms with Crippen molar-refractivity contribution in [1.82, 2.24) is 15.4 Å². The number of unbranched alkanes of at least 4 members (excludes halogenated alkanes) is 1. The van der Waals surface area contributed by atoms with Gasteiger partial charge in [0.25, 0.3) is 0 Å². The maximum atomic E-state index is 12.2. The van der Waals surface area contributed by atoms with E-state index in [4.69, 9.17) is 9.26 Å². The van der Waals surface area contributed by atoms with Gasteiger partial charge in [0.2, 0.25) is 5.91 Å². The molecule has 0 radical (unpaired) electrons. The molecule has 0 aliphatic carbocycles. The molecule has 0 spiro atoms. The van der Waals surface area contributed by atoms with Crippen molar-refractivity contribution in [2.45, 2.75) is 40.0 Å². The van der Waals surface area contributed by atoms with Crippen LogP contribution in [-0.4, -0.2) is 54.8 Å². The summed E-state index contributed by atoms with van der Waals surface area (Å²) < 4.78 is 10.2. The van der Waals surface area contributed by atoms with E-state index in [1.54, 1.807) is 13.0 Å². The first-order valence-corrected chi connectivity index (χ1v) is 8.40. The maximum Gasteiger partial charge on any atom is 0.317 e. The first-order chi connectivity index (χ1) is 11.6. The molecule has 1 heterocycles. The van der Waals surface area contributed by atoms with E-state index >= 15 is 0 Å². The second kappa shape index (κ2) is 11.4. The zero-order valence-electron chi connectivity index (χ0n) is 14.8. The van der Waals surface area contributed by atoms with E-state index in [9.17, 15) is 9.59 Å². The number of anilines is 1. The molecule has 0 saturated heterocycles. The highest BCUT2D eigenvalue weighted by Gasteiger charge is 2.17. The van der Waals surface area contributed by atoms with E-state index in [0.29, 0.717) is 44.3 Å². The van der Waals surface area contributed by atoms with Crippen LogP contribution in [0.4, 0.5) is 10.6 Å². The Labute approximate surface area is 142 Å². The fraction of sp³-hybridized carbons (Fsp3) is 0.688. The summed E-state index contributed by atoms with van der Waals surface area (Å²) in [5, 5.41) is 9.16. The molecule has 8 heteroatoms. The summed E-state index contributed by atoms with van der Waals surface area (Å²) in [7, 11) is 0. The van der Waals surface area contributed by atoms with Gasteiger partial charge in [0.05, 0.1) is 0 Å². The monoisotopic (exact) mass is 340 g/mol. The van der Waals surface area contributed by atoms with Gasteiger partial charge in [-0.1, -0.05) is 18.5 Å². The average molecular weight is 340 g/mol. The third-order valence-corrected chi connectivity index (χ3v) is 3.24. The van der Waals surface area contributed by atoms with Crippen LogP contribution in [0, 0.1) is 6.92 Å². The summed E-state index contributed by atoms with van der Waals surface area (Å²) in [6.07, 6.45) is 2.57. The van der Waals surface area contributed by atoms with Crippen molar-refractivity contribution in [1.29, 1.82) is 0 Å². The topological polar surface area (TPSA) is 96.7 Å². The molecule has 0 unspecified atom stereocenters. The number of rotatable bonds is 11. The smallest absolute Gasteiger partial charge is 0.317 e. The largest absolute Gasteiger partial charge is 0.382 e. The minimum atomic E-state index is -0.314. The molecule has 0 aliphatic rings. The van der Waals surface area contributed by atoms with Gasteiger partial charge in [-0.15, -0.1) is 0 Å². The lowest BCUT2D eigenvalue weighted by atomic mass is 10.3. The summed E-state index contributed by atoms with van der Waals surface area (Å²) >= 11 is 0. The van der Waals surface area contributed by atoms with Crippen molar-refractivity contribution < 1.29 is 18.8 Å². The van der Waals surface area contributed by atoms with Crippen LogP contribution in [-0.2, 0) is 9.53 Å². The van der Waals surface area contributed by atoms with Gasteiger partial charge in [-0.25, -0.2) is 4.79 Å². The summed E-state index contributed by atoms with van der Waals surface area (Å²) in [6.45, 7) is 7.90. The fourth-order valence-corrected chi connectivity index (χ4v) is 2.02. The van der Waals surface area contributed by atoms with Gasteiger partial charge in [-0.05, 0) is 26.7 Å². The Bertz CT molecular complexity index is 504. The molecule has 1 aromatic heterocycles. The second-order valence-corrected chi connectivity index (χ2v) is 5.43. The Balaban J connectivity index is 2.51. The molecular formula is C16H28N4O4. The minimum Gasteiger partial charge on any atom is -0.382 e. The average Bonchev–Trinajstić information content (AvgIpc) is 2.95. The third-order valence-electron chi connectivity index (χ3n) is 3.24.